The minimum absolute atomic E-state index is 0.0644. The van der Waals surface area contributed by atoms with Gasteiger partial charge in [0.25, 0.3) is 26.7 Å². The minimum Gasteiger partial charge on any atom is -0.429 e. The first-order valence-corrected chi connectivity index (χ1v) is 8.81. The van der Waals surface area contributed by atoms with Gasteiger partial charge in [0, 0.05) is 17.2 Å². The molecule has 10 heteroatoms. The molecule has 0 radical (unpaired) electrons. The number of rotatable bonds is 5. The van der Waals surface area contributed by atoms with E-state index in [1.54, 1.807) is 0 Å². The second kappa shape index (κ2) is 6.08. The fourth-order valence-corrected chi connectivity index (χ4v) is 3.41. The molecule has 0 saturated carbocycles. The Balaban J connectivity index is 2.82. The molecular weight excluding hydrogens is 348 g/mol. The van der Waals surface area contributed by atoms with Crippen LogP contribution in [0.1, 0.15) is 0 Å². The monoisotopic (exact) mass is 358 g/mol. The maximum Gasteiger partial charge on any atom is 0.298 e. The van der Waals surface area contributed by atoms with Crippen molar-refractivity contribution in [1.29, 1.82) is 0 Å². The molecule has 2 N–H and O–H groups in total. The fraction of sp³-hybridized carbons (Fsp3) is 0. The Morgan fingerprint density at radius 1 is 0.826 bits per heavy atom. The van der Waals surface area contributed by atoms with Crippen molar-refractivity contribution < 1.29 is 35.5 Å². The summed E-state index contributed by atoms with van der Waals surface area (Å²) in [5.74, 6) is -0.166. The summed E-state index contributed by atoms with van der Waals surface area (Å²) in [4.78, 5) is 9.12. The summed E-state index contributed by atoms with van der Waals surface area (Å²) in [6, 6.07) is 8.31. The van der Waals surface area contributed by atoms with Crippen LogP contribution in [0.5, 0.6) is 5.75 Å². The van der Waals surface area contributed by atoms with Crippen molar-refractivity contribution in [2.24, 2.45) is 0 Å². The number of carbonyl (C=O) groups excluding carboxylic acids is 1. The molecule has 0 atom stereocenters. The molecule has 8 nitrogen and oxygen atoms in total. The van der Waals surface area contributed by atoms with E-state index in [9.17, 15) is 30.7 Å². The average Bonchev–Trinajstić information content (AvgIpc) is 2.46. The molecule has 0 fully saturated rings. The van der Waals surface area contributed by atoms with Crippen LogP contribution >= 0.6 is 0 Å². The summed E-state index contributed by atoms with van der Waals surface area (Å²) in [5.41, 5.74) is -0.320. The van der Waals surface area contributed by atoms with Gasteiger partial charge in [-0.2, -0.15) is 16.8 Å². The maximum absolute atomic E-state index is 11.5. The third kappa shape index (κ3) is 3.74. The summed E-state index contributed by atoms with van der Waals surface area (Å²) < 4.78 is 69.0. The Morgan fingerprint density at radius 2 is 1.39 bits per heavy atom. The number of benzene rings is 2. The smallest absolute Gasteiger partial charge is 0.298 e. The standard InChI is InChI=1S/C13H10O8S2/c14-8-21-9-5-6-11(13(7-9)23(18,19)20)10-3-1-2-4-12(10)22(15,16)17/h1-8H,(H,15,16,17)(H,18,19,20). The van der Waals surface area contributed by atoms with Crippen LogP contribution in [-0.2, 0) is 25.0 Å². The molecule has 0 aliphatic carbocycles. The molecule has 122 valence electrons. The van der Waals surface area contributed by atoms with Gasteiger partial charge in [-0.15, -0.1) is 0 Å². The fourth-order valence-electron chi connectivity index (χ4n) is 1.98. The van der Waals surface area contributed by atoms with Crippen LogP contribution < -0.4 is 4.74 Å². The highest BCUT2D eigenvalue weighted by Gasteiger charge is 2.23. The Kier molecular flexibility index (Phi) is 4.52. The number of hydrogen-bond donors (Lipinski definition) is 2. The molecule has 0 spiro atoms. The molecule has 2 aromatic carbocycles. The van der Waals surface area contributed by atoms with E-state index in [-0.39, 0.29) is 23.3 Å². The van der Waals surface area contributed by atoms with E-state index in [0.29, 0.717) is 0 Å². The van der Waals surface area contributed by atoms with Crippen molar-refractivity contribution in [2.45, 2.75) is 9.79 Å². The lowest BCUT2D eigenvalue weighted by Gasteiger charge is -2.11. The molecule has 0 unspecified atom stereocenters. The van der Waals surface area contributed by atoms with E-state index in [0.717, 1.165) is 18.2 Å². The van der Waals surface area contributed by atoms with Crippen molar-refractivity contribution in [3.8, 4) is 16.9 Å². The maximum atomic E-state index is 11.5. The van der Waals surface area contributed by atoms with Crippen LogP contribution in [0.25, 0.3) is 11.1 Å². The first-order valence-electron chi connectivity index (χ1n) is 5.93. The van der Waals surface area contributed by atoms with Crippen molar-refractivity contribution >= 4 is 26.7 Å². The number of hydrogen-bond acceptors (Lipinski definition) is 6. The van der Waals surface area contributed by atoms with Crippen LogP contribution in [0.15, 0.2) is 52.3 Å². The molecule has 2 rings (SSSR count). The van der Waals surface area contributed by atoms with Gasteiger partial charge in [0.05, 0.1) is 0 Å². The van der Waals surface area contributed by atoms with Gasteiger partial charge in [0.2, 0.25) is 0 Å². The lowest BCUT2D eigenvalue weighted by molar-refractivity contribution is -0.120. The van der Waals surface area contributed by atoms with Gasteiger partial charge in [-0.05, 0) is 18.2 Å². The van der Waals surface area contributed by atoms with Crippen LogP contribution in [0.2, 0.25) is 0 Å². The molecule has 0 saturated heterocycles. The normalized spacial score (nSPS) is 11.9. The molecular formula is C13H10O8S2. The topological polar surface area (TPSA) is 135 Å². The molecule has 0 amide bonds. The van der Waals surface area contributed by atoms with Crippen LogP contribution in [0, 0.1) is 0 Å². The van der Waals surface area contributed by atoms with Gasteiger partial charge < -0.3 is 4.74 Å². The van der Waals surface area contributed by atoms with E-state index in [1.165, 1.54) is 24.3 Å². The lowest BCUT2D eigenvalue weighted by atomic mass is 10.1. The van der Waals surface area contributed by atoms with Crippen LogP contribution in [-0.4, -0.2) is 32.4 Å². The zero-order valence-corrected chi connectivity index (χ0v) is 12.9. The Bertz CT molecular complexity index is 961. The van der Waals surface area contributed by atoms with E-state index in [1.807, 2.05) is 0 Å². The van der Waals surface area contributed by atoms with E-state index in [2.05, 4.69) is 4.74 Å². The van der Waals surface area contributed by atoms with Crippen molar-refractivity contribution in [3.05, 3.63) is 42.5 Å². The second-order valence-electron chi connectivity index (χ2n) is 4.32. The van der Waals surface area contributed by atoms with E-state index >= 15 is 0 Å². The SMILES string of the molecule is O=COc1ccc(-c2ccccc2S(=O)(=O)O)c(S(=O)(=O)O)c1. The molecule has 0 bridgehead atoms. The van der Waals surface area contributed by atoms with Gasteiger partial charge in [-0.1, -0.05) is 18.2 Å². The highest BCUT2D eigenvalue weighted by atomic mass is 32.2. The van der Waals surface area contributed by atoms with Crippen LogP contribution in [0.4, 0.5) is 0 Å². The highest BCUT2D eigenvalue weighted by Crippen LogP contribution is 2.34. The predicted molar refractivity (Wildman–Crippen MR) is 78.2 cm³/mol. The first-order chi connectivity index (χ1) is 10.6. The van der Waals surface area contributed by atoms with Crippen molar-refractivity contribution in [2.75, 3.05) is 0 Å². The predicted octanol–water partition coefficient (Wildman–Crippen LogP) is 1.38. The quantitative estimate of drug-likeness (QED) is 0.604. The largest absolute Gasteiger partial charge is 0.429 e. The third-order valence-corrected chi connectivity index (χ3v) is 4.68. The molecule has 0 aliphatic rings. The molecule has 0 heterocycles. The Morgan fingerprint density at radius 3 is 1.96 bits per heavy atom. The Hall–Kier alpha value is -2.27. The highest BCUT2D eigenvalue weighted by molar-refractivity contribution is 7.86. The summed E-state index contributed by atoms with van der Waals surface area (Å²) in [7, 11) is -9.39. The molecule has 23 heavy (non-hydrogen) atoms. The Labute approximate surface area is 131 Å². The minimum atomic E-state index is -4.76. The summed E-state index contributed by atoms with van der Waals surface area (Å²) in [5, 5.41) is 0. The van der Waals surface area contributed by atoms with Crippen molar-refractivity contribution in [1.82, 2.24) is 0 Å². The zero-order chi connectivity index (χ0) is 17.3. The van der Waals surface area contributed by atoms with E-state index < -0.39 is 30.0 Å². The summed E-state index contributed by atoms with van der Waals surface area (Å²) in [6.45, 7) is 0.0644. The molecule has 0 aliphatic heterocycles. The molecule has 2 aromatic rings. The zero-order valence-electron chi connectivity index (χ0n) is 11.3. The second-order valence-corrected chi connectivity index (χ2v) is 7.10. The third-order valence-electron chi connectivity index (χ3n) is 2.87. The van der Waals surface area contributed by atoms with Crippen LogP contribution in [0.3, 0.4) is 0 Å². The van der Waals surface area contributed by atoms with Gasteiger partial charge in [0.15, 0.2) is 0 Å². The lowest BCUT2D eigenvalue weighted by Crippen LogP contribution is -2.05. The summed E-state index contributed by atoms with van der Waals surface area (Å²) >= 11 is 0. The number of ether oxygens (including phenoxy) is 1. The number of carbonyl (C=O) groups is 1. The van der Waals surface area contributed by atoms with Gasteiger partial charge in [-0.3, -0.25) is 13.9 Å². The summed E-state index contributed by atoms with van der Waals surface area (Å²) in [6.07, 6.45) is 0. The van der Waals surface area contributed by atoms with Gasteiger partial charge in [-0.25, -0.2) is 0 Å². The van der Waals surface area contributed by atoms with Crippen molar-refractivity contribution in [3.63, 3.8) is 0 Å². The molecule has 0 aromatic heterocycles. The average molecular weight is 358 g/mol. The van der Waals surface area contributed by atoms with Gasteiger partial charge in [0.1, 0.15) is 15.5 Å². The first kappa shape index (κ1) is 17.1. The van der Waals surface area contributed by atoms with Gasteiger partial charge >= 0.3 is 0 Å². The van der Waals surface area contributed by atoms with E-state index in [4.69, 9.17) is 0 Å².